The molecule has 1 aromatic rings. The van der Waals surface area contributed by atoms with Crippen molar-refractivity contribution in [2.75, 3.05) is 26.9 Å². The molecule has 1 aromatic carbocycles. The lowest BCUT2D eigenvalue weighted by molar-refractivity contribution is -0.151. The van der Waals surface area contributed by atoms with Gasteiger partial charge >= 0.3 is 0 Å². The van der Waals surface area contributed by atoms with Crippen LogP contribution in [0.15, 0.2) is 18.2 Å². The molecule has 0 N–H and O–H groups in total. The molecule has 6 heteroatoms. The molecule has 6 nitrogen and oxygen atoms in total. The molecule has 3 rings (SSSR count). The maximum absolute atomic E-state index is 12.6. The van der Waals surface area contributed by atoms with Crippen LogP contribution < -0.4 is 9.47 Å². The Morgan fingerprint density at radius 2 is 2.21 bits per heavy atom. The summed E-state index contributed by atoms with van der Waals surface area (Å²) in [6.45, 7) is 1.17. The van der Waals surface area contributed by atoms with E-state index in [2.05, 4.69) is 6.07 Å². The molecule has 24 heavy (non-hydrogen) atoms. The van der Waals surface area contributed by atoms with E-state index in [1.807, 2.05) is 4.90 Å². The summed E-state index contributed by atoms with van der Waals surface area (Å²) >= 11 is 0. The predicted octanol–water partition coefficient (Wildman–Crippen LogP) is 2.12. The quantitative estimate of drug-likeness (QED) is 0.845. The topological polar surface area (TPSA) is 71.8 Å². The van der Waals surface area contributed by atoms with E-state index >= 15 is 0 Å². The summed E-state index contributed by atoms with van der Waals surface area (Å²) < 4.78 is 16.7. The number of hydrogen-bond acceptors (Lipinski definition) is 5. The van der Waals surface area contributed by atoms with Gasteiger partial charge < -0.3 is 19.1 Å². The fourth-order valence-electron chi connectivity index (χ4n) is 3.48. The highest BCUT2D eigenvalue weighted by Crippen LogP contribution is 2.30. The van der Waals surface area contributed by atoms with E-state index in [0.717, 1.165) is 19.3 Å². The van der Waals surface area contributed by atoms with Gasteiger partial charge in [0.15, 0.2) is 18.1 Å². The van der Waals surface area contributed by atoms with Crippen LogP contribution in [0.1, 0.15) is 31.2 Å². The van der Waals surface area contributed by atoms with Crippen molar-refractivity contribution in [1.82, 2.24) is 4.90 Å². The van der Waals surface area contributed by atoms with Crippen LogP contribution in [0.5, 0.6) is 11.5 Å². The van der Waals surface area contributed by atoms with Crippen molar-refractivity contribution in [2.24, 2.45) is 0 Å². The van der Waals surface area contributed by atoms with Gasteiger partial charge in [0.05, 0.1) is 37.5 Å². The van der Waals surface area contributed by atoms with E-state index in [-0.39, 0.29) is 24.7 Å². The highest BCUT2D eigenvalue weighted by molar-refractivity contribution is 5.78. The normalized spacial score (nSPS) is 23.1. The SMILES string of the molecule is COc1cc(C#N)ccc1OCC(=O)N1CCO[C@H]2CCCC[C@H]21. The van der Waals surface area contributed by atoms with Crippen LogP contribution in [-0.4, -0.2) is 49.8 Å². The second-order valence-corrected chi connectivity index (χ2v) is 6.11. The molecule has 0 spiro atoms. The predicted molar refractivity (Wildman–Crippen MR) is 86.9 cm³/mol. The van der Waals surface area contributed by atoms with Crippen molar-refractivity contribution in [3.8, 4) is 17.6 Å². The molecule has 0 radical (unpaired) electrons. The number of benzene rings is 1. The van der Waals surface area contributed by atoms with E-state index in [0.29, 0.717) is 30.2 Å². The van der Waals surface area contributed by atoms with E-state index in [4.69, 9.17) is 19.5 Å². The number of amides is 1. The zero-order valence-electron chi connectivity index (χ0n) is 13.9. The smallest absolute Gasteiger partial charge is 0.260 e. The van der Waals surface area contributed by atoms with Crippen molar-refractivity contribution >= 4 is 5.91 Å². The van der Waals surface area contributed by atoms with E-state index in [1.54, 1.807) is 18.2 Å². The van der Waals surface area contributed by atoms with Crippen molar-refractivity contribution in [3.05, 3.63) is 23.8 Å². The van der Waals surface area contributed by atoms with Crippen LogP contribution in [0.3, 0.4) is 0 Å². The maximum Gasteiger partial charge on any atom is 0.260 e. The molecule has 2 atom stereocenters. The summed E-state index contributed by atoms with van der Waals surface area (Å²) in [5, 5.41) is 8.93. The van der Waals surface area contributed by atoms with Crippen LogP contribution in [0.25, 0.3) is 0 Å². The van der Waals surface area contributed by atoms with E-state index in [1.165, 1.54) is 13.5 Å². The third-order valence-electron chi connectivity index (χ3n) is 4.70. The van der Waals surface area contributed by atoms with Gasteiger partial charge in [-0.15, -0.1) is 0 Å². The molecule has 1 saturated carbocycles. The Labute approximate surface area is 141 Å². The number of carbonyl (C=O) groups is 1. The van der Waals surface area contributed by atoms with Crippen LogP contribution in [-0.2, 0) is 9.53 Å². The summed E-state index contributed by atoms with van der Waals surface area (Å²) in [5.74, 6) is 0.902. The van der Waals surface area contributed by atoms with Crippen molar-refractivity contribution in [1.29, 1.82) is 5.26 Å². The Morgan fingerprint density at radius 1 is 1.38 bits per heavy atom. The first kappa shape index (κ1) is 16.6. The Bertz CT molecular complexity index is 638. The zero-order chi connectivity index (χ0) is 16.9. The summed E-state index contributed by atoms with van der Waals surface area (Å²) in [6, 6.07) is 7.13. The second-order valence-electron chi connectivity index (χ2n) is 6.11. The molecule has 1 heterocycles. The van der Waals surface area contributed by atoms with Crippen LogP contribution in [0.4, 0.5) is 0 Å². The van der Waals surface area contributed by atoms with Crippen molar-refractivity contribution < 1.29 is 19.0 Å². The lowest BCUT2D eigenvalue weighted by Crippen LogP contribution is -2.55. The summed E-state index contributed by atoms with van der Waals surface area (Å²) in [7, 11) is 1.51. The number of fused-ring (bicyclic) bond motifs is 1. The van der Waals surface area contributed by atoms with Crippen LogP contribution in [0, 0.1) is 11.3 Å². The highest BCUT2D eigenvalue weighted by Gasteiger charge is 2.36. The number of nitriles is 1. The Balaban J connectivity index is 1.64. The van der Waals surface area contributed by atoms with Gasteiger partial charge in [0.25, 0.3) is 5.91 Å². The molecule has 1 aliphatic carbocycles. The lowest BCUT2D eigenvalue weighted by Gasteiger charge is -2.43. The van der Waals surface area contributed by atoms with Gasteiger partial charge in [-0.05, 0) is 25.0 Å². The fraction of sp³-hybridized carbons (Fsp3) is 0.556. The number of ether oxygens (including phenoxy) is 3. The van der Waals surface area contributed by atoms with Gasteiger partial charge in [-0.2, -0.15) is 5.26 Å². The number of nitrogens with zero attached hydrogens (tertiary/aromatic N) is 2. The molecule has 2 aliphatic rings. The minimum atomic E-state index is -0.0362. The standard InChI is InChI=1S/C18H22N2O4/c1-22-17-10-13(11-19)6-7-16(17)24-12-18(21)20-8-9-23-15-5-3-2-4-14(15)20/h6-7,10,14-15H,2-5,8-9,12H2,1H3/t14-,15+/m1/s1. The van der Waals surface area contributed by atoms with E-state index in [9.17, 15) is 4.79 Å². The largest absolute Gasteiger partial charge is 0.493 e. The van der Waals surface area contributed by atoms with Crippen molar-refractivity contribution in [3.63, 3.8) is 0 Å². The molecule has 1 aliphatic heterocycles. The molecule has 0 bridgehead atoms. The Hall–Kier alpha value is -2.26. The minimum Gasteiger partial charge on any atom is -0.493 e. The minimum absolute atomic E-state index is 0.0263. The monoisotopic (exact) mass is 330 g/mol. The molecular weight excluding hydrogens is 308 g/mol. The van der Waals surface area contributed by atoms with Gasteiger partial charge in [-0.25, -0.2) is 0 Å². The summed E-state index contributed by atoms with van der Waals surface area (Å²) in [4.78, 5) is 14.5. The highest BCUT2D eigenvalue weighted by atomic mass is 16.5. The maximum atomic E-state index is 12.6. The van der Waals surface area contributed by atoms with Crippen LogP contribution >= 0.6 is 0 Å². The number of rotatable bonds is 4. The average molecular weight is 330 g/mol. The molecule has 128 valence electrons. The van der Waals surface area contributed by atoms with Gasteiger partial charge in [0.2, 0.25) is 0 Å². The van der Waals surface area contributed by atoms with E-state index < -0.39 is 0 Å². The number of carbonyl (C=O) groups excluding carboxylic acids is 1. The fourth-order valence-corrected chi connectivity index (χ4v) is 3.48. The molecule has 1 saturated heterocycles. The number of morpholine rings is 1. The average Bonchev–Trinajstić information content (AvgIpc) is 2.65. The third-order valence-corrected chi connectivity index (χ3v) is 4.70. The Morgan fingerprint density at radius 3 is 3.00 bits per heavy atom. The number of hydrogen-bond donors (Lipinski definition) is 0. The van der Waals surface area contributed by atoms with Gasteiger partial charge in [-0.3, -0.25) is 4.79 Å². The van der Waals surface area contributed by atoms with Crippen LogP contribution in [0.2, 0.25) is 0 Å². The van der Waals surface area contributed by atoms with Gasteiger partial charge in [-0.1, -0.05) is 12.8 Å². The Kier molecular flexibility index (Phi) is 5.21. The second kappa shape index (κ2) is 7.54. The first-order chi connectivity index (χ1) is 11.7. The van der Waals surface area contributed by atoms with Gasteiger partial charge in [0.1, 0.15) is 0 Å². The first-order valence-corrected chi connectivity index (χ1v) is 8.35. The number of methoxy groups -OCH3 is 1. The molecule has 2 fully saturated rings. The summed E-state index contributed by atoms with van der Waals surface area (Å²) in [6.07, 6.45) is 4.50. The lowest BCUT2D eigenvalue weighted by atomic mass is 9.90. The molecule has 0 unspecified atom stereocenters. The summed E-state index contributed by atoms with van der Waals surface area (Å²) in [5.41, 5.74) is 0.490. The van der Waals surface area contributed by atoms with Gasteiger partial charge in [0, 0.05) is 12.6 Å². The zero-order valence-corrected chi connectivity index (χ0v) is 13.9. The molecule has 0 aromatic heterocycles. The molecule has 1 amide bonds. The molecular formula is C18H22N2O4. The third kappa shape index (κ3) is 3.46. The van der Waals surface area contributed by atoms with Crippen molar-refractivity contribution in [2.45, 2.75) is 37.8 Å². The first-order valence-electron chi connectivity index (χ1n) is 8.35.